The van der Waals surface area contributed by atoms with Crippen molar-refractivity contribution in [2.75, 3.05) is 5.88 Å². The van der Waals surface area contributed by atoms with Crippen molar-refractivity contribution < 1.29 is 9.18 Å². The molecule has 1 heterocycles. The predicted molar refractivity (Wildman–Crippen MR) is 77.4 cm³/mol. The monoisotopic (exact) mass is 297 g/mol. The molecule has 108 valence electrons. The third-order valence-electron chi connectivity index (χ3n) is 3.48. The Morgan fingerprint density at radius 2 is 2.15 bits per heavy atom. The molecule has 4 nitrogen and oxygen atoms in total. The average molecular weight is 298 g/mol. The summed E-state index contributed by atoms with van der Waals surface area (Å²) >= 11 is 5.78. The predicted octanol–water partition coefficient (Wildman–Crippen LogP) is 2.49. The van der Waals surface area contributed by atoms with Gasteiger partial charge in [0.2, 0.25) is 5.91 Å². The third-order valence-corrected chi connectivity index (χ3v) is 3.67. The number of fused-ring (bicyclic) bond motifs is 1. The van der Waals surface area contributed by atoms with Crippen LogP contribution in [0.2, 0.25) is 0 Å². The highest BCUT2D eigenvalue weighted by Gasteiger charge is 2.31. The summed E-state index contributed by atoms with van der Waals surface area (Å²) in [7, 11) is 0. The van der Waals surface area contributed by atoms with E-state index in [9.17, 15) is 9.18 Å². The molecule has 0 fully saturated rings. The quantitative estimate of drug-likeness (QED) is 0.881. The molecule has 1 amide bonds. The van der Waals surface area contributed by atoms with Crippen molar-refractivity contribution in [2.45, 2.75) is 32.7 Å². The van der Waals surface area contributed by atoms with Gasteiger partial charge in [0.25, 0.3) is 0 Å². The van der Waals surface area contributed by atoms with Crippen LogP contribution in [0.4, 0.5) is 4.39 Å². The zero-order valence-electron chi connectivity index (χ0n) is 11.7. The number of primary amides is 1. The Bertz CT molecular complexity index is 679. The number of halogens is 2. The first-order chi connectivity index (χ1) is 9.28. The lowest BCUT2D eigenvalue weighted by Crippen LogP contribution is -2.42. The number of hydrogen-bond acceptors (Lipinski definition) is 2. The van der Waals surface area contributed by atoms with Gasteiger partial charge in [-0.3, -0.25) is 4.79 Å². The van der Waals surface area contributed by atoms with Gasteiger partial charge >= 0.3 is 0 Å². The second kappa shape index (κ2) is 5.05. The first kappa shape index (κ1) is 14.8. The van der Waals surface area contributed by atoms with Crippen molar-refractivity contribution in [1.82, 2.24) is 9.55 Å². The molecule has 1 aromatic carbocycles. The minimum absolute atomic E-state index is 0.323. The van der Waals surface area contributed by atoms with Crippen LogP contribution in [-0.4, -0.2) is 21.3 Å². The van der Waals surface area contributed by atoms with E-state index in [4.69, 9.17) is 17.3 Å². The molecule has 1 aromatic heterocycles. The van der Waals surface area contributed by atoms with E-state index >= 15 is 0 Å². The number of carbonyl (C=O) groups is 1. The zero-order valence-corrected chi connectivity index (χ0v) is 12.5. The van der Waals surface area contributed by atoms with Gasteiger partial charge in [0.1, 0.15) is 17.2 Å². The number of amides is 1. The molecule has 0 aliphatic rings. The first-order valence-electron chi connectivity index (χ1n) is 6.33. The lowest BCUT2D eigenvalue weighted by atomic mass is 10.0. The Hall–Kier alpha value is -1.62. The van der Waals surface area contributed by atoms with Gasteiger partial charge in [-0.05, 0) is 32.4 Å². The first-order valence-corrected chi connectivity index (χ1v) is 6.86. The number of carbonyl (C=O) groups excluding carboxylic acids is 1. The average Bonchev–Trinajstić information content (AvgIpc) is 2.68. The summed E-state index contributed by atoms with van der Waals surface area (Å²) in [5.41, 5.74) is 6.22. The fourth-order valence-corrected chi connectivity index (χ4v) is 2.41. The molecule has 0 saturated carbocycles. The van der Waals surface area contributed by atoms with Crippen molar-refractivity contribution >= 4 is 28.5 Å². The molecule has 0 bridgehead atoms. The summed E-state index contributed by atoms with van der Waals surface area (Å²) in [6.45, 7) is 5.10. The molecule has 6 heteroatoms. The van der Waals surface area contributed by atoms with Gasteiger partial charge in [0.15, 0.2) is 0 Å². The summed E-state index contributed by atoms with van der Waals surface area (Å²) < 4.78 is 15.4. The molecule has 0 radical (unpaired) electrons. The third kappa shape index (κ3) is 2.26. The summed E-state index contributed by atoms with van der Waals surface area (Å²) in [5, 5.41) is 0. The highest BCUT2D eigenvalue weighted by molar-refractivity contribution is 6.17. The van der Waals surface area contributed by atoms with Gasteiger partial charge < -0.3 is 10.3 Å². The Kier molecular flexibility index (Phi) is 3.73. The largest absolute Gasteiger partial charge is 0.368 e. The highest BCUT2D eigenvalue weighted by Crippen LogP contribution is 2.27. The van der Waals surface area contributed by atoms with E-state index in [1.165, 1.54) is 6.07 Å². The van der Waals surface area contributed by atoms with Gasteiger partial charge in [0, 0.05) is 18.4 Å². The van der Waals surface area contributed by atoms with Gasteiger partial charge in [0.05, 0.1) is 11.0 Å². The van der Waals surface area contributed by atoms with Crippen molar-refractivity contribution in [3.63, 3.8) is 0 Å². The van der Waals surface area contributed by atoms with E-state index in [0.29, 0.717) is 34.7 Å². The Morgan fingerprint density at radius 1 is 1.50 bits per heavy atom. The Labute approximate surface area is 121 Å². The van der Waals surface area contributed by atoms with Crippen molar-refractivity contribution in [3.8, 4) is 0 Å². The molecule has 0 saturated heterocycles. The minimum Gasteiger partial charge on any atom is -0.368 e. The van der Waals surface area contributed by atoms with E-state index in [1.54, 1.807) is 31.4 Å². The molecule has 20 heavy (non-hydrogen) atoms. The lowest BCUT2D eigenvalue weighted by molar-refractivity contribution is -0.125. The topological polar surface area (TPSA) is 60.9 Å². The van der Waals surface area contributed by atoms with Crippen molar-refractivity contribution in [3.05, 3.63) is 29.3 Å². The van der Waals surface area contributed by atoms with Gasteiger partial charge in [-0.1, -0.05) is 0 Å². The summed E-state index contributed by atoms with van der Waals surface area (Å²) in [5.74, 6) is 0.189. The Balaban J connectivity index is 2.81. The summed E-state index contributed by atoms with van der Waals surface area (Å²) in [6.07, 6.45) is 0.480. The zero-order chi connectivity index (χ0) is 15.1. The Morgan fingerprint density at radius 3 is 2.70 bits per heavy atom. The van der Waals surface area contributed by atoms with Crippen LogP contribution < -0.4 is 5.73 Å². The van der Waals surface area contributed by atoms with Crippen LogP contribution in [0.5, 0.6) is 0 Å². The van der Waals surface area contributed by atoms with Gasteiger partial charge in [-0.2, -0.15) is 0 Å². The highest BCUT2D eigenvalue weighted by atomic mass is 35.5. The second-order valence-corrected chi connectivity index (χ2v) is 5.69. The molecule has 0 spiro atoms. The number of hydrogen-bond donors (Lipinski definition) is 1. The fraction of sp³-hybridized carbons (Fsp3) is 0.429. The van der Waals surface area contributed by atoms with Gasteiger partial charge in [-0.15, -0.1) is 11.6 Å². The number of aryl methyl sites for hydroxylation is 2. The molecule has 0 aliphatic heterocycles. The normalized spacial score (nSPS) is 12.1. The number of imidazole rings is 1. The summed E-state index contributed by atoms with van der Waals surface area (Å²) in [6, 6.07) is 3.05. The van der Waals surface area contributed by atoms with E-state index in [1.807, 2.05) is 0 Å². The smallest absolute Gasteiger partial charge is 0.243 e. The van der Waals surface area contributed by atoms with Crippen LogP contribution in [0, 0.1) is 12.7 Å². The number of nitrogens with two attached hydrogens (primary N) is 1. The number of aromatic nitrogens is 2. The maximum Gasteiger partial charge on any atom is 0.243 e. The molecule has 0 aliphatic carbocycles. The van der Waals surface area contributed by atoms with Crippen LogP contribution in [0.25, 0.3) is 11.0 Å². The van der Waals surface area contributed by atoms with Gasteiger partial charge in [-0.25, -0.2) is 9.37 Å². The number of nitrogens with zero attached hydrogens (tertiary/aromatic N) is 2. The van der Waals surface area contributed by atoms with Crippen LogP contribution in [-0.2, 0) is 16.8 Å². The maximum atomic E-state index is 13.7. The van der Waals surface area contributed by atoms with Crippen LogP contribution in [0.15, 0.2) is 12.1 Å². The summed E-state index contributed by atoms with van der Waals surface area (Å²) in [4.78, 5) is 16.1. The van der Waals surface area contributed by atoms with E-state index < -0.39 is 11.4 Å². The molecular weight excluding hydrogens is 281 g/mol. The molecule has 2 aromatic rings. The molecular formula is C14H17ClFN3O. The van der Waals surface area contributed by atoms with E-state index in [0.717, 1.165) is 0 Å². The van der Waals surface area contributed by atoms with E-state index in [-0.39, 0.29) is 5.82 Å². The van der Waals surface area contributed by atoms with Crippen LogP contribution >= 0.6 is 11.6 Å². The SMILES string of the molecule is Cc1cc2c(cc1F)nc(CCCl)n2C(C)(C)C(N)=O. The maximum absolute atomic E-state index is 13.7. The number of alkyl halides is 1. The number of benzene rings is 1. The molecule has 0 atom stereocenters. The molecule has 2 rings (SSSR count). The second-order valence-electron chi connectivity index (χ2n) is 5.32. The van der Waals surface area contributed by atoms with Crippen molar-refractivity contribution in [1.29, 1.82) is 0 Å². The van der Waals surface area contributed by atoms with E-state index in [2.05, 4.69) is 4.98 Å². The molecule has 0 unspecified atom stereocenters. The van der Waals surface area contributed by atoms with Crippen LogP contribution in [0.1, 0.15) is 25.2 Å². The van der Waals surface area contributed by atoms with Crippen molar-refractivity contribution in [2.24, 2.45) is 5.73 Å². The lowest BCUT2D eigenvalue weighted by Gasteiger charge is -2.26. The fourth-order valence-electron chi connectivity index (χ4n) is 2.24. The number of rotatable bonds is 4. The van der Waals surface area contributed by atoms with Crippen LogP contribution in [0.3, 0.4) is 0 Å². The molecule has 2 N–H and O–H groups in total. The minimum atomic E-state index is -0.958. The standard InChI is InChI=1S/C14H17ClFN3O/c1-8-6-11-10(7-9(8)16)18-12(4-5-15)19(11)14(2,3)13(17)20/h6-7H,4-5H2,1-3H3,(H2,17,20).